The molecule has 0 spiro atoms. The molecule has 1 saturated carbocycles. The topological polar surface area (TPSA) is 73.1 Å². The van der Waals surface area contributed by atoms with Crippen molar-refractivity contribution in [3.8, 4) is 0 Å². The Balaban J connectivity index is 1.92. The van der Waals surface area contributed by atoms with Gasteiger partial charge in [-0.05, 0) is 18.9 Å². The molecule has 3 rings (SSSR count). The van der Waals surface area contributed by atoms with Gasteiger partial charge in [0.15, 0.2) is 0 Å². The summed E-state index contributed by atoms with van der Waals surface area (Å²) in [5.74, 6) is 1.18. The van der Waals surface area contributed by atoms with Crippen LogP contribution in [0.2, 0.25) is 0 Å². The maximum absolute atomic E-state index is 5.85. The molecular formula is C15H22N4OS. The van der Waals surface area contributed by atoms with Crippen LogP contribution in [0.25, 0.3) is 10.2 Å². The summed E-state index contributed by atoms with van der Waals surface area (Å²) in [6, 6.07) is 2.51. The number of nitrogens with two attached hydrogens (primary N) is 1. The lowest BCUT2D eigenvalue weighted by Gasteiger charge is -2.51. The SMILES string of the molecule is CCc1cc2c(NC3CC(OC)C3(C)C)nc(N)nc2s1. The molecule has 1 aliphatic carbocycles. The second-order valence-electron chi connectivity index (χ2n) is 6.19. The van der Waals surface area contributed by atoms with Crippen LogP contribution in [0.1, 0.15) is 32.1 Å². The van der Waals surface area contributed by atoms with Gasteiger partial charge in [-0.2, -0.15) is 4.98 Å². The van der Waals surface area contributed by atoms with Crippen molar-refractivity contribution in [3.05, 3.63) is 10.9 Å². The molecule has 0 aromatic carbocycles. The molecule has 0 radical (unpaired) electrons. The van der Waals surface area contributed by atoms with Crippen LogP contribution in [0, 0.1) is 5.41 Å². The van der Waals surface area contributed by atoms with Gasteiger partial charge in [0.25, 0.3) is 0 Å². The number of hydrogen-bond acceptors (Lipinski definition) is 6. The monoisotopic (exact) mass is 306 g/mol. The molecule has 0 amide bonds. The largest absolute Gasteiger partial charge is 0.381 e. The first kappa shape index (κ1) is 14.5. The Morgan fingerprint density at radius 3 is 2.86 bits per heavy atom. The normalized spacial score (nSPS) is 24.0. The number of nitrogens with zero attached hydrogens (tertiary/aromatic N) is 2. The first-order valence-corrected chi connectivity index (χ1v) is 8.12. The molecular weight excluding hydrogens is 284 g/mol. The van der Waals surface area contributed by atoms with E-state index >= 15 is 0 Å². The van der Waals surface area contributed by atoms with Gasteiger partial charge in [-0.1, -0.05) is 20.8 Å². The fraction of sp³-hybridized carbons (Fsp3) is 0.600. The van der Waals surface area contributed by atoms with Crippen LogP contribution in [0.3, 0.4) is 0 Å². The third-order valence-corrected chi connectivity index (χ3v) is 5.76. The zero-order valence-electron chi connectivity index (χ0n) is 12.9. The van der Waals surface area contributed by atoms with E-state index in [9.17, 15) is 0 Å². The molecule has 21 heavy (non-hydrogen) atoms. The quantitative estimate of drug-likeness (QED) is 0.908. The number of nitrogen functional groups attached to an aromatic ring is 1. The second kappa shape index (κ2) is 5.10. The van der Waals surface area contributed by atoms with Crippen molar-refractivity contribution in [2.75, 3.05) is 18.2 Å². The fourth-order valence-electron chi connectivity index (χ4n) is 2.97. The number of thiophene rings is 1. The van der Waals surface area contributed by atoms with Gasteiger partial charge in [-0.15, -0.1) is 11.3 Å². The Labute approximate surface area is 128 Å². The predicted molar refractivity (Wildman–Crippen MR) is 87.8 cm³/mol. The van der Waals surface area contributed by atoms with Crippen molar-refractivity contribution >= 4 is 33.3 Å². The van der Waals surface area contributed by atoms with E-state index in [0.717, 1.165) is 28.9 Å². The molecule has 0 saturated heterocycles. The maximum Gasteiger partial charge on any atom is 0.223 e. The van der Waals surface area contributed by atoms with Crippen LogP contribution < -0.4 is 11.1 Å². The molecule has 2 heterocycles. The lowest BCUT2D eigenvalue weighted by atomic mass is 9.64. The van der Waals surface area contributed by atoms with Gasteiger partial charge in [0.05, 0.1) is 11.5 Å². The van der Waals surface area contributed by atoms with E-state index in [1.807, 2.05) is 0 Å². The third-order valence-electron chi connectivity index (χ3n) is 4.58. The third kappa shape index (κ3) is 2.36. The summed E-state index contributed by atoms with van der Waals surface area (Å²) in [5, 5.41) is 4.62. The Morgan fingerprint density at radius 2 is 2.24 bits per heavy atom. The molecule has 2 atom stereocenters. The van der Waals surface area contributed by atoms with Crippen LogP contribution in [-0.2, 0) is 11.2 Å². The molecule has 0 bridgehead atoms. The van der Waals surface area contributed by atoms with E-state index < -0.39 is 0 Å². The van der Waals surface area contributed by atoms with E-state index in [0.29, 0.717) is 18.1 Å². The summed E-state index contributed by atoms with van der Waals surface area (Å²) in [6.07, 6.45) is 2.28. The van der Waals surface area contributed by atoms with Crippen LogP contribution in [-0.4, -0.2) is 29.2 Å². The lowest BCUT2D eigenvalue weighted by molar-refractivity contribution is -0.0795. The highest BCUT2D eigenvalue weighted by Crippen LogP contribution is 2.44. The van der Waals surface area contributed by atoms with Crippen molar-refractivity contribution in [3.63, 3.8) is 0 Å². The molecule has 2 unspecified atom stereocenters. The summed E-state index contributed by atoms with van der Waals surface area (Å²) >= 11 is 1.69. The van der Waals surface area contributed by atoms with Crippen molar-refractivity contribution in [1.82, 2.24) is 9.97 Å². The number of methoxy groups -OCH3 is 1. The number of rotatable bonds is 4. The average Bonchev–Trinajstić information content (AvgIpc) is 2.85. The number of hydrogen-bond donors (Lipinski definition) is 2. The van der Waals surface area contributed by atoms with Gasteiger partial charge in [-0.25, -0.2) is 4.98 Å². The Morgan fingerprint density at radius 1 is 1.48 bits per heavy atom. The molecule has 5 nitrogen and oxygen atoms in total. The van der Waals surface area contributed by atoms with Gasteiger partial charge in [0.2, 0.25) is 5.95 Å². The fourth-order valence-corrected chi connectivity index (χ4v) is 3.94. The molecule has 2 aromatic rings. The van der Waals surface area contributed by atoms with Crippen LogP contribution in [0.4, 0.5) is 11.8 Å². The minimum atomic E-state index is 0.0877. The van der Waals surface area contributed by atoms with E-state index in [1.165, 1.54) is 4.88 Å². The van der Waals surface area contributed by atoms with Crippen LogP contribution in [0.15, 0.2) is 6.07 Å². The highest BCUT2D eigenvalue weighted by Gasteiger charge is 2.48. The Hall–Kier alpha value is -1.40. The second-order valence-corrected chi connectivity index (χ2v) is 7.31. The molecule has 1 aliphatic rings. The first-order chi connectivity index (χ1) is 9.95. The summed E-state index contributed by atoms with van der Waals surface area (Å²) < 4.78 is 5.51. The molecule has 3 N–H and O–H groups in total. The van der Waals surface area contributed by atoms with Crippen molar-refractivity contribution in [2.45, 2.75) is 45.8 Å². The predicted octanol–water partition coefficient (Wildman–Crippen LogP) is 3.06. The average molecular weight is 306 g/mol. The van der Waals surface area contributed by atoms with Crippen molar-refractivity contribution < 1.29 is 4.74 Å². The number of anilines is 2. The van der Waals surface area contributed by atoms with Gasteiger partial charge >= 0.3 is 0 Å². The minimum absolute atomic E-state index is 0.0877. The summed E-state index contributed by atoms with van der Waals surface area (Å²) in [6.45, 7) is 6.58. The Kier molecular flexibility index (Phi) is 3.53. The molecule has 0 aliphatic heterocycles. The molecule has 6 heteroatoms. The highest BCUT2D eigenvalue weighted by molar-refractivity contribution is 7.18. The first-order valence-electron chi connectivity index (χ1n) is 7.31. The van der Waals surface area contributed by atoms with Gasteiger partial charge in [0.1, 0.15) is 10.6 Å². The standard InChI is InChI=1S/C15H22N4OS/c1-5-8-6-9-12(18-14(16)19-13(9)21-8)17-10-7-11(20-4)15(10,2)3/h6,10-11H,5,7H2,1-4H3,(H3,16,17,18,19). The van der Waals surface area contributed by atoms with Crippen molar-refractivity contribution in [2.24, 2.45) is 5.41 Å². The number of aromatic nitrogens is 2. The van der Waals surface area contributed by atoms with Gasteiger partial charge in [-0.3, -0.25) is 0 Å². The highest BCUT2D eigenvalue weighted by atomic mass is 32.1. The molecule has 2 aromatic heterocycles. The zero-order valence-corrected chi connectivity index (χ0v) is 13.8. The van der Waals surface area contributed by atoms with Gasteiger partial charge in [0, 0.05) is 23.4 Å². The lowest BCUT2D eigenvalue weighted by Crippen LogP contribution is -2.57. The van der Waals surface area contributed by atoms with E-state index in [1.54, 1.807) is 18.4 Å². The number of nitrogens with one attached hydrogen (secondary N) is 1. The maximum atomic E-state index is 5.85. The molecule has 114 valence electrons. The van der Waals surface area contributed by atoms with Gasteiger partial charge < -0.3 is 15.8 Å². The molecule has 1 fully saturated rings. The minimum Gasteiger partial charge on any atom is -0.381 e. The summed E-state index contributed by atoms with van der Waals surface area (Å²) in [7, 11) is 1.77. The van der Waals surface area contributed by atoms with E-state index in [-0.39, 0.29) is 5.41 Å². The summed E-state index contributed by atoms with van der Waals surface area (Å²) in [5.41, 5.74) is 5.94. The van der Waals surface area contributed by atoms with Crippen LogP contribution in [0.5, 0.6) is 0 Å². The smallest absolute Gasteiger partial charge is 0.223 e. The van der Waals surface area contributed by atoms with E-state index in [4.69, 9.17) is 10.5 Å². The summed E-state index contributed by atoms with van der Waals surface area (Å²) in [4.78, 5) is 11.0. The Bertz CT molecular complexity index is 667. The van der Waals surface area contributed by atoms with E-state index in [2.05, 4.69) is 42.1 Å². The number of fused-ring (bicyclic) bond motifs is 1. The van der Waals surface area contributed by atoms with Crippen molar-refractivity contribution in [1.29, 1.82) is 0 Å². The number of ether oxygens (including phenoxy) is 1. The zero-order chi connectivity index (χ0) is 15.2. The number of aryl methyl sites for hydroxylation is 1. The van der Waals surface area contributed by atoms with Crippen LogP contribution >= 0.6 is 11.3 Å².